The standard InChI is InChI=1S/C19H30ClN3O3S/c1-15(2)4-5-16(3)21-19(24)14-22-10-12-23(13-11-22)27(25,26)18-8-6-17(20)7-9-18/h6-9,15-16H,4-5,10-14H2,1-3H3,(H,21,24)/p+1/t16-/m0/s1. The lowest BCUT2D eigenvalue weighted by Crippen LogP contribution is -3.15. The number of piperazine rings is 1. The van der Waals surface area contributed by atoms with Crippen molar-refractivity contribution in [3.05, 3.63) is 29.3 Å². The number of nitrogens with zero attached hydrogens (tertiary/aromatic N) is 1. The van der Waals surface area contributed by atoms with Crippen LogP contribution in [0.15, 0.2) is 29.2 Å². The summed E-state index contributed by atoms with van der Waals surface area (Å²) in [6.45, 7) is 8.85. The van der Waals surface area contributed by atoms with Crippen LogP contribution in [0.25, 0.3) is 0 Å². The number of benzene rings is 1. The maximum atomic E-state index is 12.7. The van der Waals surface area contributed by atoms with E-state index in [1.54, 1.807) is 12.1 Å². The molecule has 1 aliphatic heterocycles. The molecule has 1 fully saturated rings. The predicted molar refractivity (Wildman–Crippen MR) is 107 cm³/mol. The van der Waals surface area contributed by atoms with Gasteiger partial charge in [0.1, 0.15) is 0 Å². The SMILES string of the molecule is CC(C)CC[C@H](C)NC(=O)C[NH+]1CCN(S(=O)(=O)c2ccc(Cl)cc2)CC1. The van der Waals surface area contributed by atoms with Crippen LogP contribution in [0.2, 0.25) is 5.02 Å². The molecule has 152 valence electrons. The topological polar surface area (TPSA) is 70.9 Å². The molecule has 0 radical (unpaired) electrons. The Balaban J connectivity index is 1.81. The van der Waals surface area contributed by atoms with Crippen molar-refractivity contribution in [2.45, 2.75) is 44.6 Å². The normalized spacial score (nSPS) is 17.8. The van der Waals surface area contributed by atoms with Crippen LogP contribution in [-0.2, 0) is 14.8 Å². The van der Waals surface area contributed by atoms with Gasteiger partial charge in [0.25, 0.3) is 5.91 Å². The van der Waals surface area contributed by atoms with E-state index in [1.165, 1.54) is 16.4 Å². The number of rotatable bonds is 8. The number of carbonyl (C=O) groups excluding carboxylic acids is 1. The lowest BCUT2D eigenvalue weighted by molar-refractivity contribution is -0.895. The van der Waals surface area contributed by atoms with Crippen molar-refractivity contribution in [3.8, 4) is 0 Å². The van der Waals surface area contributed by atoms with Gasteiger partial charge in [-0.2, -0.15) is 4.31 Å². The van der Waals surface area contributed by atoms with Gasteiger partial charge in [-0.1, -0.05) is 25.4 Å². The number of amides is 1. The summed E-state index contributed by atoms with van der Waals surface area (Å²) in [5, 5.41) is 3.56. The molecule has 6 nitrogen and oxygen atoms in total. The molecule has 0 bridgehead atoms. The third kappa shape index (κ3) is 6.75. The van der Waals surface area contributed by atoms with Gasteiger partial charge in [-0.25, -0.2) is 8.42 Å². The molecule has 1 heterocycles. The van der Waals surface area contributed by atoms with Crippen LogP contribution >= 0.6 is 11.6 Å². The molecule has 0 aromatic heterocycles. The third-order valence-electron chi connectivity index (χ3n) is 4.88. The van der Waals surface area contributed by atoms with Gasteiger partial charge in [0.05, 0.1) is 31.1 Å². The molecule has 1 aromatic rings. The molecule has 27 heavy (non-hydrogen) atoms. The second kappa shape index (κ2) is 9.87. The average molecular weight is 417 g/mol. The highest BCUT2D eigenvalue weighted by molar-refractivity contribution is 7.89. The Morgan fingerprint density at radius 2 is 1.74 bits per heavy atom. The Morgan fingerprint density at radius 1 is 1.15 bits per heavy atom. The Kier molecular flexibility index (Phi) is 8.09. The van der Waals surface area contributed by atoms with Crippen LogP contribution in [0.1, 0.15) is 33.6 Å². The maximum absolute atomic E-state index is 12.7. The summed E-state index contributed by atoms with van der Waals surface area (Å²) >= 11 is 5.84. The zero-order valence-corrected chi connectivity index (χ0v) is 17.9. The van der Waals surface area contributed by atoms with E-state index in [0.29, 0.717) is 43.7 Å². The largest absolute Gasteiger partial charge is 0.349 e. The van der Waals surface area contributed by atoms with E-state index >= 15 is 0 Å². The van der Waals surface area contributed by atoms with Crippen LogP contribution in [0.4, 0.5) is 0 Å². The monoisotopic (exact) mass is 416 g/mol. The van der Waals surface area contributed by atoms with Crippen molar-refractivity contribution in [2.75, 3.05) is 32.7 Å². The summed E-state index contributed by atoms with van der Waals surface area (Å²) in [4.78, 5) is 13.6. The van der Waals surface area contributed by atoms with Crippen molar-refractivity contribution in [2.24, 2.45) is 5.92 Å². The highest BCUT2D eigenvalue weighted by Gasteiger charge is 2.31. The molecule has 0 spiro atoms. The smallest absolute Gasteiger partial charge is 0.275 e. The third-order valence-corrected chi connectivity index (χ3v) is 7.04. The number of quaternary nitrogens is 1. The van der Waals surface area contributed by atoms with E-state index in [2.05, 4.69) is 19.2 Å². The molecule has 0 aliphatic carbocycles. The van der Waals surface area contributed by atoms with E-state index in [1.807, 2.05) is 6.92 Å². The van der Waals surface area contributed by atoms with Crippen molar-refractivity contribution >= 4 is 27.5 Å². The Hall–Kier alpha value is -1.15. The van der Waals surface area contributed by atoms with E-state index in [-0.39, 0.29) is 16.8 Å². The zero-order valence-electron chi connectivity index (χ0n) is 16.4. The van der Waals surface area contributed by atoms with E-state index in [0.717, 1.165) is 17.7 Å². The highest BCUT2D eigenvalue weighted by Crippen LogP contribution is 2.18. The van der Waals surface area contributed by atoms with Gasteiger partial charge >= 0.3 is 0 Å². The first-order valence-corrected chi connectivity index (χ1v) is 11.4. The summed E-state index contributed by atoms with van der Waals surface area (Å²) in [5.41, 5.74) is 0. The molecule has 2 rings (SSSR count). The molecule has 1 atom stereocenters. The molecule has 1 saturated heterocycles. The van der Waals surface area contributed by atoms with Gasteiger partial charge < -0.3 is 10.2 Å². The maximum Gasteiger partial charge on any atom is 0.275 e. The van der Waals surface area contributed by atoms with Crippen molar-refractivity contribution < 1.29 is 18.1 Å². The Morgan fingerprint density at radius 3 is 2.30 bits per heavy atom. The molecule has 1 aliphatic rings. The first-order valence-electron chi connectivity index (χ1n) is 9.57. The van der Waals surface area contributed by atoms with Crippen LogP contribution in [0.3, 0.4) is 0 Å². The van der Waals surface area contributed by atoms with Gasteiger partial charge in [-0.3, -0.25) is 4.79 Å². The van der Waals surface area contributed by atoms with Crippen molar-refractivity contribution in [1.29, 1.82) is 0 Å². The first kappa shape index (κ1) is 22.1. The number of hydrogen-bond acceptors (Lipinski definition) is 3. The van der Waals surface area contributed by atoms with Crippen LogP contribution in [0.5, 0.6) is 0 Å². The molecule has 0 unspecified atom stereocenters. The zero-order chi connectivity index (χ0) is 20.0. The second-order valence-electron chi connectivity index (χ2n) is 7.72. The van der Waals surface area contributed by atoms with Crippen molar-refractivity contribution in [1.82, 2.24) is 9.62 Å². The quantitative estimate of drug-likeness (QED) is 0.668. The molecule has 2 N–H and O–H groups in total. The van der Waals surface area contributed by atoms with Gasteiger partial charge in [0.2, 0.25) is 10.0 Å². The number of carbonyl (C=O) groups is 1. The minimum Gasteiger partial charge on any atom is -0.349 e. The summed E-state index contributed by atoms with van der Waals surface area (Å²) in [6.07, 6.45) is 2.07. The van der Waals surface area contributed by atoms with Crippen LogP contribution in [0, 0.1) is 5.92 Å². The fraction of sp³-hybridized carbons (Fsp3) is 0.632. The molecule has 0 saturated carbocycles. The minimum atomic E-state index is -3.50. The second-order valence-corrected chi connectivity index (χ2v) is 10.1. The number of halogens is 1. The minimum absolute atomic E-state index is 0.0373. The number of nitrogens with one attached hydrogen (secondary N) is 2. The lowest BCUT2D eigenvalue weighted by atomic mass is 10.0. The summed E-state index contributed by atoms with van der Waals surface area (Å²) in [6, 6.07) is 6.40. The van der Waals surface area contributed by atoms with Crippen LogP contribution in [-0.4, -0.2) is 57.4 Å². The lowest BCUT2D eigenvalue weighted by Gasteiger charge is -2.31. The molecule has 1 amide bonds. The van der Waals surface area contributed by atoms with E-state index in [4.69, 9.17) is 11.6 Å². The molecule has 1 aromatic carbocycles. The van der Waals surface area contributed by atoms with Crippen LogP contribution < -0.4 is 10.2 Å². The molecular weight excluding hydrogens is 386 g/mol. The summed E-state index contributed by atoms with van der Waals surface area (Å²) in [5.74, 6) is 0.668. The van der Waals surface area contributed by atoms with E-state index in [9.17, 15) is 13.2 Å². The fourth-order valence-corrected chi connectivity index (χ4v) is 4.75. The van der Waals surface area contributed by atoms with Gasteiger partial charge in [0, 0.05) is 11.1 Å². The summed E-state index contributed by atoms with van der Waals surface area (Å²) in [7, 11) is -3.50. The summed E-state index contributed by atoms with van der Waals surface area (Å²) < 4.78 is 26.9. The average Bonchev–Trinajstić information content (AvgIpc) is 2.60. The number of hydrogen-bond donors (Lipinski definition) is 2. The number of sulfonamides is 1. The fourth-order valence-electron chi connectivity index (χ4n) is 3.18. The first-order chi connectivity index (χ1) is 12.7. The Bertz CT molecular complexity index is 714. The molecular formula is C19H31ClN3O3S+. The van der Waals surface area contributed by atoms with E-state index < -0.39 is 10.0 Å². The van der Waals surface area contributed by atoms with Gasteiger partial charge in [-0.15, -0.1) is 0 Å². The van der Waals surface area contributed by atoms with Crippen molar-refractivity contribution in [3.63, 3.8) is 0 Å². The predicted octanol–water partition coefficient (Wildman–Crippen LogP) is 1.17. The molecule has 8 heteroatoms. The van der Waals surface area contributed by atoms with Gasteiger partial charge in [0.15, 0.2) is 6.54 Å². The Labute approximate surface area is 167 Å². The highest BCUT2D eigenvalue weighted by atomic mass is 35.5. The van der Waals surface area contributed by atoms with Gasteiger partial charge in [-0.05, 0) is 49.9 Å².